The van der Waals surface area contributed by atoms with Crippen molar-refractivity contribution >= 4 is 5.69 Å². The van der Waals surface area contributed by atoms with Crippen molar-refractivity contribution in [3.8, 4) is 5.75 Å². The van der Waals surface area contributed by atoms with Gasteiger partial charge in [0.15, 0.2) is 5.75 Å². The maximum Gasteiger partial charge on any atom is 0.573 e. The Kier molecular flexibility index (Phi) is 3.14. The van der Waals surface area contributed by atoms with Crippen LogP contribution in [0.1, 0.15) is 19.8 Å². The van der Waals surface area contributed by atoms with E-state index in [-0.39, 0.29) is 17.5 Å². The number of anilines is 1. The highest BCUT2D eigenvalue weighted by molar-refractivity contribution is 5.57. The van der Waals surface area contributed by atoms with Gasteiger partial charge in [0.1, 0.15) is 0 Å². The summed E-state index contributed by atoms with van der Waals surface area (Å²) in [6.07, 6.45) is -3.37. The third-order valence-corrected chi connectivity index (χ3v) is 3.13. The lowest BCUT2D eigenvalue weighted by atomic mass is 9.76. The fraction of sp³-hybridized carbons (Fsp3) is 0.500. The van der Waals surface area contributed by atoms with Gasteiger partial charge in [0.25, 0.3) is 0 Å². The van der Waals surface area contributed by atoms with Crippen molar-refractivity contribution in [1.29, 1.82) is 0 Å². The van der Waals surface area contributed by atoms with Gasteiger partial charge in [-0.15, -0.1) is 13.2 Å². The van der Waals surface area contributed by atoms with Gasteiger partial charge in [0.2, 0.25) is 0 Å². The Labute approximate surface area is 103 Å². The van der Waals surface area contributed by atoms with Gasteiger partial charge < -0.3 is 15.2 Å². The van der Waals surface area contributed by atoms with Gasteiger partial charge in [0, 0.05) is 0 Å². The monoisotopic (exact) mass is 261 g/mol. The Bertz CT molecular complexity index is 432. The summed E-state index contributed by atoms with van der Waals surface area (Å²) in [7, 11) is 0. The van der Waals surface area contributed by atoms with Crippen LogP contribution >= 0.6 is 0 Å². The highest BCUT2D eigenvalue weighted by Crippen LogP contribution is 2.37. The molecule has 0 saturated heterocycles. The van der Waals surface area contributed by atoms with Gasteiger partial charge in [-0.3, -0.25) is 0 Å². The molecule has 1 saturated carbocycles. The minimum atomic E-state index is -4.72. The second kappa shape index (κ2) is 4.35. The van der Waals surface area contributed by atoms with Crippen LogP contribution in [0.15, 0.2) is 24.3 Å². The maximum absolute atomic E-state index is 12.2. The molecule has 0 amide bonds. The third kappa shape index (κ3) is 2.87. The minimum Gasteiger partial charge on any atom is -0.404 e. The topological polar surface area (TPSA) is 41.5 Å². The Morgan fingerprint density at radius 2 is 2.06 bits per heavy atom. The molecule has 0 spiro atoms. The molecule has 2 rings (SSSR count). The number of hydrogen-bond donors (Lipinski definition) is 2. The highest BCUT2D eigenvalue weighted by Gasteiger charge is 2.41. The lowest BCUT2D eigenvalue weighted by Gasteiger charge is -2.43. The Morgan fingerprint density at radius 3 is 2.56 bits per heavy atom. The first-order valence-corrected chi connectivity index (χ1v) is 5.62. The number of alkyl halides is 3. The van der Waals surface area contributed by atoms with E-state index in [0.29, 0.717) is 12.8 Å². The summed E-state index contributed by atoms with van der Waals surface area (Å²) >= 11 is 0. The lowest BCUT2D eigenvalue weighted by Crippen LogP contribution is -2.53. The molecule has 1 aliphatic carbocycles. The molecule has 0 bridgehead atoms. The smallest absolute Gasteiger partial charge is 0.404 e. The third-order valence-electron chi connectivity index (χ3n) is 3.13. The normalized spacial score (nSPS) is 27.5. The van der Waals surface area contributed by atoms with Gasteiger partial charge in [-0.25, -0.2) is 0 Å². The number of halogens is 3. The van der Waals surface area contributed by atoms with E-state index >= 15 is 0 Å². The van der Waals surface area contributed by atoms with Crippen molar-refractivity contribution in [2.24, 2.45) is 0 Å². The Morgan fingerprint density at radius 1 is 1.39 bits per heavy atom. The number of benzene rings is 1. The van der Waals surface area contributed by atoms with Crippen LogP contribution in [-0.4, -0.2) is 23.1 Å². The molecule has 100 valence electrons. The predicted molar refractivity (Wildman–Crippen MR) is 60.4 cm³/mol. The average Bonchev–Trinajstić information content (AvgIpc) is 2.24. The van der Waals surface area contributed by atoms with E-state index in [1.807, 2.05) is 0 Å². The molecule has 0 aromatic heterocycles. The molecule has 1 aromatic rings. The summed E-state index contributed by atoms with van der Waals surface area (Å²) in [5.74, 6) is -0.285. The molecule has 6 heteroatoms. The largest absolute Gasteiger partial charge is 0.573 e. The van der Waals surface area contributed by atoms with Crippen molar-refractivity contribution in [2.75, 3.05) is 5.32 Å². The molecular formula is C12H14F3NO2. The number of para-hydroxylation sites is 2. The van der Waals surface area contributed by atoms with Crippen LogP contribution in [-0.2, 0) is 0 Å². The van der Waals surface area contributed by atoms with E-state index in [4.69, 9.17) is 0 Å². The van der Waals surface area contributed by atoms with Gasteiger partial charge in [-0.05, 0) is 31.9 Å². The van der Waals surface area contributed by atoms with Gasteiger partial charge >= 0.3 is 6.36 Å². The quantitative estimate of drug-likeness (QED) is 0.879. The molecule has 3 nitrogen and oxygen atoms in total. The summed E-state index contributed by atoms with van der Waals surface area (Å²) in [5, 5.41) is 12.7. The van der Waals surface area contributed by atoms with Crippen molar-refractivity contribution in [1.82, 2.24) is 0 Å². The lowest BCUT2D eigenvalue weighted by molar-refractivity contribution is -0.274. The highest BCUT2D eigenvalue weighted by atomic mass is 19.4. The molecule has 2 N–H and O–H groups in total. The summed E-state index contributed by atoms with van der Waals surface area (Å²) in [6.45, 7) is 1.65. The number of ether oxygens (including phenoxy) is 1. The maximum atomic E-state index is 12.2. The first kappa shape index (κ1) is 13.0. The van der Waals surface area contributed by atoms with Gasteiger partial charge in [0.05, 0.1) is 17.3 Å². The SMILES string of the molecule is C[C@]1(O)CC[C@@H]1Nc1ccccc1OC(F)(F)F. The number of hydrogen-bond acceptors (Lipinski definition) is 3. The first-order chi connectivity index (χ1) is 8.28. The van der Waals surface area contributed by atoms with Crippen LogP contribution in [0.5, 0.6) is 5.75 Å². The zero-order chi connectivity index (χ0) is 13.4. The van der Waals surface area contributed by atoms with E-state index in [0.717, 1.165) is 0 Å². The van der Waals surface area contributed by atoms with Crippen LogP contribution in [0.3, 0.4) is 0 Å². The standard InChI is InChI=1S/C12H14F3NO2/c1-11(17)7-6-10(11)16-8-4-2-3-5-9(8)18-12(13,14)15/h2-5,10,16-17H,6-7H2,1H3/t10-,11-/m0/s1. The fourth-order valence-electron chi connectivity index (χ4n) is 1.92. The molecule has 0 radical (unpaired) electrons. The van der Waals surface area contributed by atoms with Crippen molar-refractivity contribution in [3.05, 3.63) is 24.3 Å². The van der Waals surface area contributed by atoms with E-state index in [2.05, 4.69) is 10.1 Å². The van der Waals surface area contributed by atoms with E-state index < -0.39 is 12.0 Å². The van der Waals surface area contributed by atoms with Crippen LogP contribution in [0, 0.1) is 0 Å². The number of rotatable bonds is 3. The predicted octanol–water partition coefficient (Wildman–Crippen LogP) is 2.91. The molecular weight excluding hydrogens is 247 g/mol. The van der Waals surface area contributed by atoms with Crippen LogP contribution in [0.2, 0.25) is 0 Å². The molecule has 1 aliphatic rings. The average molecular weight is 261 g/mol. The minimum absolute atomic E-state index is 0.236. The summed E-state index contributed by atoms with van der Waals surface area (Å²) in [5.41, 5.74) is -0.648. The second-order valence-electron chi connectivity index (χ2n) is 4.64. The Balaban J connectivity index is 2.13. The molecule has 1 fully saturated rings. The number of aliphatic hydroxyl groups is 1. The molecule has 18 heavy (non-hydrogen) atoms. The summed E-state index contributed by atoms with van der Waals surface area (Å²) in [6, 6.07) is 5.55. The van der Waals surface area contributed by atoms with Crippen molar-refractivity contribution in [2.45, 2.75) is 37.8 Å². The van der Waals surface area contributed by atoms with E-state index in [9.17, 15) is 18.3 Å². The van der Waals surface area contributed by atoms with Crippen molar-refractivity contribution < 1.29 is 23.0 Å². The summed E-state index contributed by atoms with van der Waals surface area (Å²) < 4.78 is 40.5. The van der Waals surface area contributed by atoms with E-state index in [1.54, 1.807) is 13.0 Å². The Hall–Kier alpha value is -1.43. The molecule has 0 unspecified atom stereocenters. The van der Waals surface area contributed by atoms with Gasteiger partial charge in [-0.1, -0.05) is 12.1 Å². The van der Waals surface area contributed by atoms with E-state index in [1.165, 1.54) is 18.2 Å². The molecule has 0 heterocycles. The molecule has 1 aromatic carbocycles. The second-order valence-corrected chi connectivity index (χ2v) is 4.64. The summed E-state index contributed by atoms with van der Waals surface area (Å²) in [4.78, 5) is 0. The zero-order valence-electron chi connectivity index (χ0n) is 9.79. The van der Waals surface area contributed by atoms with Crippen molar-refractivity contribution in [3.63, 3.8) is 0 Å². The zero-order valence-corrected chi connectivity index (χ0v) is 9.79. The fourth-order valence-corrected chi connectivity index (χ4v) is 1.92. The van der Waals surface area contributed by atoms with Gasteiger partial charge in [-0.2, -0.15) is 0 Å². The van der Waals surface area contributed by atoms with Crippen LogP contribution < -0.4 is 10.1 Å². The molecule has 2 atom stereocenters. The first-order valence-electron chi connectivity index (χ1n) is 5.62. The van der Waals surface area contributed by atoms with Crippen LogP contribution in [0.25, 0.3) is 0 Å². The number of nitrogens with one attached hydrogen (secondary N) is 1. The van der Waals surface area contributed by atoms with Crippen LogP contribution in [0.4, 0.5) is 18.9 Å². The molecule has 0 aliphatic heterocycles.